The van der Waals surface area contributed by atoms with Crippen molar-refractivity contribution in [3.05, 3.63) is 29.8 Å². The highest BCUT2D eigenvalue weighted by atomic mass is 32.2. The normalized spacial score (nSPS) is 22.9. The largest absolute Gasteiger partial charge is 0.379 e. The van der Waals surface area contributed by atoms with Gasteiger partial charge in [0.2, 0.25) is 0 Å². The number of hydrogen-bond donors (Lipinski definition) is 1. The summed E-state index contributed by atoms with van der Waals surface area (Å²) in [6.07, 6.45) is 2.46. The van der Waals surface area contributed by atoms with Crippen molar-refractivity contribution in [1.82, 2.24) is 10.2 Å². The zero-order valence-electron chi connectivity index (χ0n) is 12.0. The van der Waals surface area contributed by atoms with Gasteiger partial charge in [0, 0.05) is 29.8 Å². The van der Waals surface area contributed by atoms with E-state index in [0.717, 1.165) is 44.6 Å². The number of thioether (sulfide) groups is 1. The molecule has 1 atom stereocenters. The Balaban J connectivity index is 1.28. The lowest BCUT2D eigenvalue weighted by Crippen LogP contribution is -2.38. The number of benzene rings is 1. The molecule has 1 aromatic rings. The van der Waals surface area contributed by atoms with Crippen LogP contribution in [-0.2, 0) is 11.2 Å². The number of nitrogens with one attached hydrogen (secondary N) is 1. The number of hydrogen-bond acceptors (Lipinski definition) is 4. The van der Waals surface area contributed by atoms with Crippen molar-refractivity contribution in [2.75, 3.05) is 45.9 Å². The maximum atomic E-state index is 5.37. The number of nitrogens with zero attached hydrogens (tertiary/aromatic N) is 1. The molecule has 0 bridgehead atoms. The zero-order valence-corrected chi connectivity index (χ0v) is 12.8. The van der Waals surface area contributed by atoms with E-state index in [1.807, 2.05) is 11.8 Å². The van der Waals surface area contributed by atoms with Gasteiger partial charge in [-0.3, -0.25) is 4.90 Å². The first-order valence-electron chi connectivity index (χ1n) is 7.67. The van der Waals surface area contributed by atoms with Crippen LogP contribution in [0.4, 0.5) is 0 Å². The van der Waals surface area contributed by atoms with Crippen LogP contribution in [0.5, 0.6) is 0 Å². The first kappa shape index (κ1) is 14.4. The maximum Gasteiger partial charge on any atom is 0.0594 e. The molecular formula is C16H24N2OS. The molecule has 2 heterocycles. The monoisotopic (exact) mass is 292 g/mol. The van der Waals surface area contributed by atoms with Crippen LogP contribution in [-0.4, -0.2) is 56.1 Å². The van der Waals surface area contributed by atoms with Gasteiger partial charge in [-0.05, 0) is 37.6 Å². The van der Waals surface area contributed by atoms with E-state index in [4.69, 9.17) is 4.74 Å². The second kappa shape index (κ2) is 7.46. The minimum Gasteiger partial charge on any atom is -0.379 e. The summed E-state index contributed by atoms with van der Waals surface area (Å²) in [6.45, 7) is 7.48. The third-order valence-corrected chi connectivity index (χ3v) is 5.34. The summed E-state index contributed by atoms with van der Waals surface area (Å²) < 4.78 is 5.37. The van der Waals surface area contributed by atoms with E-state index in [1.165, 1.54) is 29.8 Å². The van der Waals surface area contributed by atoms with Gasteiger partial charge in [0.05, 0.1) is 13.2 Å². The van der Waals surface area contributed by atoms with Crippen LogP contribution < -0.4 is 5.32 Å². The molecule has 0 saturated carbocycles. The number of rotatable bonds is 6. The van der Waals surface area contributed by atoms with E-state index in [1.54, 1.807) is 0 Å². The first-order valence-corrected chi connectivity index (χ1v) is 8.55. The predicted octanol–water partition coefficient (Wildman–Crippen LogP) is 2.02. The molecule has 0 aromatic heterocycles. The molecule has 0 spiro atoms. The van der Waals surface area contributed by atoms with E-state index in [-0.39, 0.29) is 0 Å². The Morgan fingerprint density at radius 3 is 2.95 bits per heavy atom. The molecule has 0 amide bonds. The van der Waals surface area contributed by atoms with Gasteiger partial charge in [-0.2, -0.15) is 0 Å². The second-order valence-corrected chi connectivity index (χ2v) is 6.91. The Bertz CT molecular complexity index is 396. The van der Waals surface area contributed by atoms with Gasteiger partial charge in [0.15, 0.2) is 0 Å². The molecule has 1 fully saturated rings. The Hall–Kier alpha value is -0.550. The quantitative estimate of drug-likeness (QED) is 0.811. The lowest BCUT2D eigenvalue weighted by Gasteiger charge is -2.26. The molecule has 1 unspecified atom stereocenters. The molecule has 110 valence electrons. The Morgan fingerprint density at radius 2 is 2.10 bits per heavy atom. The van der Waals surface area contributed by atoms with Crippen molar-refractivity contribution < 1.29 is 4.74 Å². The van der Waals surface area contributed by atoms with Crippen molar-refractivity contribution in [2.45, 2.75) is 23.0 Å². The Morgan fingerprint density at radius 1 is 1.25 bits per heavy atom. The summed E-state index contributed by atoms with van der Waals surface area (Å²) in [5, 5.41) is 4.34. The van der Waals surface area contributed by atoms with Crippen LogP contribution in [0.15, 0.2) is 29.2 Å². The molecule has 1 saturated heterocycles. The second-order valence-electron chi connectivity index (χ2n) is 5.56. The van der Waals surface area contributed by atoms with Gasteiger partial charge in [-0.1, -0.05) is 18.2 Å². The molecule has 2 aliphatic rings. The summed E-state index contributed by atoms with van der Waals surface area (Å²) in [7, 11) is 0. The highest BCUT2D eigenvalue weighted by Crippen LogP contribution is 2.36. The van der Waals surface area contributed by atoms with Crippen molar-refractivity contribution >= 4 is 11.8 Å². The standard InChI is InChI=1S/C16H24N2OS/c1-2-5-16-14(4-1)12-15(20-16)13-17-6-3-7-18-8-10-19-11-9-18/h1-2,4-5,15,17H,3,6-13H2. The number of ether oxygens (including phenoxy) is 1. The minimum absolute atomic E-state index is 0.718. The van der Waals surface area contributed by atoms with E-state index in [2.05, 4.69) is 34.5 Å². The van der Waals surface area contributed by atoms with E-state index in [0.29, 0.717) is 0 Å². The van der Waals surface area contributed by atoms with Crippen LogP contribution in [0, 0.1) is 0 Å². The highest BCUT2D eigenvalue weighted by molar-refractivity contribution is 8.00. The summed E-state index contributed by atoms with van der Waals surface area (Å²) in [5.74, 6) is 0. The first-order chi connectivity index (χ1) is 9.92. The van der Waals surface area contributed by atoms with Crippen LogP contribution in [0.25, 0.3) is 0 Å². The van der Waals surface area contributed by atoms with Crippen molar-refractivity contribution in [3.63, 3.8) is 0 Å². The number of fused-ring (bicyclic) bond motifs is 1. The topological polar surface area (TPSA) is 24.5 Å². The molecule has 1 aromatic carbocycles. The van der Waals surface area contributed by atoms with Gasteiger partial charge < -0.3 is 10.1 Å². The molecule has 4 heteroatoms. The zero-order chi connectivity index (χ0) is 13.6. The number of morpholine rings is 1. The van der Waals surface area contributed by atoms with Crippen LogP contribution >= 0.6 is 11.8 Å². The smallest absolute Gasteiger partial charge is 0.0594 e. The lowest BCUT2D eigenvalue weighted by molar-refractivity contribution is 0.0375. The Kier molecular flexibility index (Phi) is 5.36. The molecule has 1 N–H and O–H groups in total. The molecule has 0 aliphatic carbocycles. The Labute approximate surface area is 126 Å². The van der Waals surface area contributed by atoms with E-state index in [9.17, 15) is 0 Å². The fraction of sp³-hybridized carbons (Fsp3) is 0.625. The summed E-state index contributed by atoms with van der Waals surface area (Å²) in [4.78, 5) is 3.98. The minimum atomic E-state index is 0.718. The maximum absolute atomic E-state index is 5.37. The van der Waals surface area contributed by atoms with E-state index >= 15 is 0 Å². The van der Waals surface area contributed by atoms with Crippen molar-refractivity contribution in [3.8, 4) is 0 Å². The summed E-state index contributed by atoms with van der Waals surface area (Å²) in [5.41, 5.74) is 1.53. The molecule has 3 nitrogen and oxygen atoms in total. The SMILES string of the molecule is c1ccc2c(c1)CC(CNCCCN1CCOCC1)S2. The predicted molar refractivity (Wildman–Crippen MR) is 84.5 cm³/mol. The highest BCUT2D eigenvalue weighted by Gasteiger charge is 2.20. The van der Waals surface area contributed by atoms with Crippen molar-refractivity contribution in [2.24, 2.45) is 0 Å². The van der Waals surface area contributed by atoms with E-state index < -0.39 is 0 Å². The van der Waals surface area contributed by atoms with Crippen molar-refractivity contribution in [1.29, 1.82) is 0 Å². The molecule has 3 rings (SSSR count). The summed E-state index contributed by atoms with van der Waals surface area (Å²) in [6, 6.07) is 8.81. The van der Waals surface area contributed by atoms with Gasteiger partial charge >= 0.3 is 0 Å². The average molecular weight is 292 g/mol. The fourth-order valence-electron chi connectivity index (χ4n) is 2.88. The van der Waals surface area contributed by atoms with Crippen LogP contribution in [0.1, 0.15) is 12.0 Å². The van der Waals surface area contributed by atoms with Crippen LogP contribution in [0.2, 0.25) is 0 Å². The van der Waals surface area contributed by atoms with Gasteiger partial charge in [-0.15, -0.1) is 11.8 Å². The van der Waals surface area contributed by atoms with Gasteiger partial charge in [-0.25, -0.2) is 0 Å². The molecular weight excluding hydrogens is 268 g/mol. The molecule has 2 aliphatic heterocycles. The summed E-state index contributed by atoms with van der Waals surface area (Å²) >= 11 is 2.03. The molecule has 0 radical (unpaired) electrons. The average Bonchev–Trinajstić information content (AvgIpc) is 2.90. The molecule has 20 heavy (non-hydrogen) atoms. The lowest BCUT2D eigenvalue weighted by atomic mass is 10.1. The fourth-order valence-corrected chi connectivity index (χ4v) is 4.17. The van der Waals surface area contributed by atoms with Gasteiger partial charge in [0.25, 0.3) is 0 Å². The third kappa shape index (κ3) is 3.98. The van der Waals surface area contributed by atoms with Crippen LogP contribution in [0.3, 0.4) is 0 Å². The van der Waals surface area contributed by atoms with Gasteiger partial charge in [0.1, 0.15) is 0 Å². The third-order valence-electron chi connectivity index (χ3n) is 4.02.